The Labute approximate surface area is 172 Å². The second kappa shape index (κ2) is 9.48. The Morgan fingerprint density at radius 2 is 1.97 bits per heavy atom. The molecule has 2 amide bonds. The first-order valence-corrected chi connectivity index (χ1v) is 9.69. The van der Waals surface area contributed by atoms with E-state index in [9.17, 15) is 9.59 Å². The van der Waals surface area contributed by atoms with Crippen LogP contribution in [0.1, 0.15) is 22.6 Å². The minimum atomic E-state index is -0.239. The van der Waals surface area contributed by atoms with Crippen molar-refractivity contribution in [2.24, 2.45) is 0 Å². The molecule has 154 valence electrons. The molecule has 1 aromatic heterocycles. The maximum Gasteiger partial charge on any atom is 0.230 e. The van der Waals surface area contributed by atoms with E-state index in [1.807, 2.05) is 12.1 Å². The molecule has 29 heavy (non-hydrogen) atoms. The van der Waals surface area contributed by atoms with E-state index in [4.69, 9.17) is 14.2 Å². The Hall–Kier alpha value is -2.98. The van der Waals surface area contributed by atoms with Gasteiger partial charge in [-0.1, -0.05) is 11.3 Å². The molecular weight excluding hydrogens is 396 g/mol. The van der Waals surface area contributed by atoms with Crippen molar-refractivity contribution in [2.45, 2.75) is 19.4 Å². The molecule has 0 radical (unpaired) electrons. The summed E-state index contributed by atoms with van der Waals surface area (Å²) in [5, 5.41) is 11.6. The smallest absolute Gasteiger partial charge is 0.230 e. The SMILES string of the molecule is COCc1nnc(NC(=O)CCN2C=Cc3cc(OC)c(OC)cc3CC2=O)s1. The fourth-order valence-corrected chi connectivity index (χ4v) is 3.58. The van der Waals surface area contributed by atoms with E-state index < -0.39 is 0 Å². The van der Waals surface area contributed by atoms with Crippen molar-refractivity contribution in [3.05, 3.63) is 34.5 Å². The summed E-state index contributed by atoms with van der Waals surface area (Å²) >= 11 is 1.25. The van der Waals surface area contributed by atoms with Crippen molar-refractivity contribution >= 4 is 34.4 Å². The summed E-state index contributed by atoms with van der Waals surface area (Å²) in [4.78, 5) is 26.4. The minimum Gasteiger partial charge on any atom is -0.493 e. The molecule has 1 aromatic carbocycles. The molecule has 10 heteroatoms. The maximum absolute atomic E-state index is 12.6. The van der Waals surface area contributed by atoms with Crippen LogP contribution in [-0.2, 0) is 27.4 Å². The number of hydrogen-bond donors (Lipinski definition) is 1. The van der Waals surface area contributed by atoms with Crippen LogP contribution in [0, 0.1) is 0 Å². The van der Waals surface area contributed by atoms with Crippen molar-refractivity contribution < 1.29 is 23.8 Å². The van der Waals surface area contributed by atoms with Crippen LogP contribution in [0.25, 0.3) is 6.08 Å². The topological polar surface area (TPSA) is 103 Å². The lowest BCUT2D eigenvalue weighted by atomic mass is 10.0. The number of anilines is 1. The second-order valence-electron chi connectivity index (χ2n) is 6.22. The molecule has 0 unspecified atom stereocenters. The Morgan fingerprint density at radius 1 is 1.21 bits per heavy atom. The van der Waals surface area contributed by atoms with Gasteiger partial charge in [-0.3, -0.25) is 9.59 Å². The van der Waals surface area contributed by atoms with Crippen LogP contribution in [0.3, 0.4) is 0 Å². The second-order valence-corrected chi connectivity index (χ2v) is 7.28. The van der Waals surface area contributed by atoms with Gasteiger partial charge in [-0.2, -0.15) is 0 Å². The summed E-state index contributed by atoms with van der Waals surface area (Å²) in [6.07, 6.45) is 3.87. The number of nitrogens with one attached hydrogen (secondary N) is 1. The monoisotopic (exact) mass is 418 g/mol. The van der Waals surface area contributed by atoms with Crippen LogP contribution >= 0.6 is 11.3 Å². The molecule has 2 aromatic rings. The quantitative estimate of drug-likeness (QED) is 0.700. The Kier molecular flexibility index (Phi) is 6.78. The number of rotatable bonds is 8. The van der Waals surface area contributed by atoms with Gasteiger partial charge in [0, 0.05) is 26.3 Å². The van der Waals surface area contributed by atoms with Gasteiger partial charge in [0.1, 0.15) is 11.6 Å². The highest BCUT2D eigenvalue weighted by Gasteiger charge is 2.20. The Morgan fingerprint density at radius 3 is 2.69 bits per heavy atom. The first kappa shape index (κ1) is 20.7. The Balaban J connectivity index is 1.61. The van der Waals surface area contributed by atoms with Crippen molar-refractivity contribution in [1.29, 1.82) is 0 Å². The van der Waals surface area contributed by atoms with Gasteiger partial charge in [0.25, 0.3) is 0 Å². The number of benzene rings is 1. The van der Waals surface area contributed by atoms with Crippen LogP contribution in [0.5, 0.6) is 11.5 Å². The number of carbonyl (C=O) groups is 2. The first-order chi connectivity index (χ1) is 14.0. The van der Waals surface area contributed by atoms with Gasteiger partial charge in [-0.05, 0) is 29.3 Å². The predicted molar refractivity (Wildman–Crippen MR) is 108 cm³/mol. The molecular formula is C19H22N4O5S. The zero-order chi connectivity index (χ0) is 20.8. The van der Waals surface area contributed by atoms with E-state index >= 15 is 0 Å². The van der Waals surface area contributed by atoms with Gasteiger partial charge in [0.2, 0.25) is 16.9 Å². The number of methoxy groups -OCH3 is 3. The van der Waals surface area contributed by atoms with Crippen LogP contribution < -0.4 is 14.8 Å². The lowest BCUT2D eigenvalue weighted by Gasteiger charge is -2.16. The molecule has 1 aliphatic heterocycles. The third-order valence-electron chi connectivity index (χ3n) is 4.30. The summed E-state index contributed by atoms with van der Waals surface area (Å²) in [7, 11) is 4.69. The number of aromatic nitrogens is 2. The first-order valence-electron chi connectivity index (χ1n) is 8.87. The summed E-state index contributed by atoms with van der Waals surface area (Å²) in [5.41, 5.74) is 1.72. The highest BCUT2D eigenvalue weighted by molar-refractivity contribution is 7.15. The molecule has 0 saturated carbocycles. The van der Waals surface area contributed by atoms with Crippen LogP contribution in [0.15, 0.2) is 18.3 Å². The lowest BCUT2D eigenvalue weighted by molar-refractivity contribution is -0.128. The zero-order valence-electron chi connectivity index (χ0n) is 16.4. The van der Waals surface area contributed by atoms with Crippen LogP contribution in [-0.4, -0.2) is 54.8 Å². The maximum atomic E-state index is 12.6. The summed E-state index contributed by atoms with van der Waals surface area (Å²) in [5.74, 6) is 0.834. The van der Waals surface area contributed by atoms with Crippen LogP contribution in [0.2, 0.25) is 0 Å². The van der Waals surface area contributed by atoms with Gasteiger partial charge in [0.15, 0.2) is 11.5 Å². The molecule has 0 spiro atoms. The van der Waals surface area contributed by atoms with E-state index in [-0.39, 0.29) is 31.2 Å². The summed E-state index contributed by atoms with van der Waals surface area (Å²) < 4.78 is 15.6. The highest BCUT2D eigenvalue weighted by Crippen LogP contribution is 2.32. The molecule has 9 nitrogen and oxygen atoms in total. The molecule has 0 atom stereocenters. The molecule has 0 saturated heterocycles. The average Bonchev–Trinajstić information content (AvgIpc) is 3.08. The number of nitrogens with zero attached hydrogens (tertiary/aromatic N) is 3. The number of amides is 2. The van der Waals surface area contributed by atoms with Gasteiger partial charge in [0.05, 0.1) is 20.6 Å². The minimum absolute atomic E-state index is 0.0988. The number of fused-ring (bicyclic) bond motifs is 1. The largest absolute Gasteiger partial charge is 0.493 e. The third kappa shape index (κ3) is 5.09. The molecule has 0 aliphatic carbocycles. The molecule has 0 fully saturated rings. The molecule has 0 bridgehead atoms. The van der Waals surface area contributed by atoms with E-state index in [2.05, 4.69) is 15.5 Å². The van der Waals surface area contributed by atoms with Crippen molar-refractivity contribution in [2.75, 3.05) is 33.2 Å². The predicted octanol–water partition coefficient (Wildman–Crippen LogP) is 2.09. The zero-order valence-corrected chi connectivity index (χ0v) is 17.2. The van der Waals surface area contributed by atoms with Crippen molar-refractivity contribution in [3.8, 4) is 11.5 Å². The normalized spacial score (nSPS) is 13.1. The standard InChI is InChI=1S/C19H22N4O5S/c1-26-11-17-21-22-19(29-17)20-16(24)5-7-23-6-4-12-8-14(27-2)15(28-3)9-13(12)10-18(23)25/h4,6,8-9H,5,7,10-11H2,1-3H3,(H,20,22,24). The average molecular weight is 418 g/mol. The fraction of sp³-hybridized carbons (Fsp3) is 0.368. The van der Waals surface area contributed by atoms with Crippen LogP contribution in [0.4, 0.5) is 5.13 Å². The van der Waals surface area contributed by atoms with Gasteiger partial charge in [-0.25, -0.2) is 0 Å². The highest BCUT2D eigenvalue weighted by atomic mass is 32.1. The Bertz CT molecular complexity index is 927. The fourth-order valence-electron chi connectivity index (χ4n) is 2.85. The van der Waals surface area contributed by atoms with Gasteiger partial charge >= 0.3 is 0 Å². The number of hydrogen-bond acceptors (Lipinski definition) is 8. The van der Waals surface area contributed by atoms with Crippen molar-refractivity contribution in [1.82, 2.24) is 15.1 Å². The summed E-state index contributed by atoms with van der Waals surface area (Å²) in [6, 6.07) is 3.64. The molecule has 2 heterocycles. The number of carbonyl (C=O) groups excluding carboxylic acids is 2. The van der Waals surface area contributed by atoms with E-state index in [1.54, 1.807) is 33.6 Å². The molecule has 1 N–H and O–H groups in total. The summed E-state index contributed by atoms with van der Waals surface area (Å²) in [6.45, 7) is 0.601. The van der Waals surface area contributed by atoms with E-state index in [1.165, 1.54) is 16.2 Å². The lowest BCUT2D eigenvalue weighted by Crippen LogP contribution is -2.29. The third-order valence-corrected chi connectivity index (χ3v) is 5.11. The van der Waals surface area contributed by atoms with E-state index in [0.29, 0.717) is 28.2 Å². The molecule has 3 rings (SSSR count). The van der Waals surface area contributed by atoms with E-state index in [0.717, 1.165) is 11.1 Å². The van der Waals surface area contributed by atoms with Crippen molar-refractivity contribution in [3.63, 3.8) is 0 Å². The van der Waals surface area contributed by atoms with Gasteiger partial charge < -0.3 is 24.4 Å². The van der Waals surface area contributed by atoms with Gasteiger partial charge in [-0.15, -0.1) is 10.2 Å². The molecule has 1 aliphatic rings. The number of ether oxygens (including phenoxy) is 3.